The molecule has 0 atom stereocenters. The van der Waals surface area contributed by atoms with Gasteiger partial charge in [-0.2, -0.15) is 0 Å². The molecule has 0 bridgehead atoms. The van der Waals surface area contributed by atoms with Crippen LogP contribution in [0.25, 0.3) is 11.3 Å². The molecule has 0 aliphatic rings. The highest BCUT2D eigenvalue weighted by atomic mass is 35.5. The summed E-state index contributed by atoms with van der Waals surface area (Å²) in [5, 5.41) is 4.03. The molecule has 78 valence electrons. The normalized spacial score (nSPS) is 10.6. The summed E-state index contributed by atoms with van der Waals surface area (Å²) in [6.07, 6.45) is 0. The second kappa shape index (κ2) is 3.55. The van der Waals surface area contributed by atoms with E-state index in [1.165, 1.54) is 12.1 Å². The van der Waals surface area contributed by atoms with E-state index in [0.717, 1.165) is 0 Å². The van der Waals surface area contributed by atoms with Gasteiger partial charge in [-0.25, -0.2) is 4.39 Å². The molecule has 0 radical (unpaired) electrons. The van der Waals surface area contributed by atoms with E-state index in [1.54, 1.807) is 13.0 Å². The van der Waals surface area contributed by atoms with Crippen LogP contribution >= 0.6 is 11.6 Å². The summed E-state index contributed by atoms with van der Waals surface area (Å²) >= 11 is 5.85. The van der Waals surface area contributed by atoms with E-state index in [1.807, 2.05) is 0 Å². The molecule has 1 aromatic carbocycles. The number of nitrogens with two attached hydrogens (primary N) is 1. The van der Waals surface area contributed by atoms with Gasteiger partial charge in [-0.05, 0) is 19.1 Å². The Morgan fingerprint density at radius 3 is 2.67 bits per heavy atom. The SMILES string of the molecule is Cc1c(F)cc(-c2cc(N)on2)cc1Cl. The van der Waals surface area contributed by atoms with Crippen molar-refractivity contribution in [2.24, 2.45) is 0 Å². The van der Waals surface area contributed by atoms with Crippen molar-refractivity contribution in [3.8, 4) is 11.3 Å². The summed E-state index contributed by atoms with van der Waals surface area (Å²) in [5.74, 6) is -0.193. The fourth-order valence-electron chi connectivity index (χ4n) is 1.22. The van der Waals surface area contributed by atoms with E-state index in [2.05, 4.69) is 5.16 Å². The topological polar surface area (TPSA) is 52.0 Å². The second-order valence-electron chi connectivity index (χ2n) is 3.18. The van der Waals surface area contributed by atoms with E-state index in [4.69, 9.17) is 21.9 Å². The van der Waals surface area contributed by atoms with Crippen LogP contribution in [0.5, 0.6) is 0 Å². The lowest BCUT2D eigenvalue weighted by molar-refractivity contribution is 0.439. The third kappa shape index (κ3) is 1.80. The van der Waals surface area contributed by atoms with Crippen molar-refractivity contribution in [2.75, 3.05) is 5.73 Å². The van der Waals surface area contributed by atoms with Crippen molar-refractivity contribution in [3.05, 3.63) is 34.6 Å². The minimum absolute atomic E-state index is 0.183. The zero-order valence-corrected chi connectivity index (χ0v) is 8.68. The molecule has 2 N–H and O–H groups in total. The average molecular weight is 227 g/mol. The van der Waals surface area contributed by atoms with Gasteiger partial charge >= 0.3 is 0 Å². The quantitative estimate of drug-likeness (QED) is 0.813. The predicted molar refractivity (Wildman–Crippen MR) is 56.1 cm³/mol. The lowest BCUT2D eigenvalue weighted by Gasteiger charge is -2.02. The summed E-state index contributed by atoms with van der Waals surface area (Å²) in [6.45, 7) is 1.61. The Morgan fingerprint density at radius 1 is 1.40 bits per heavy atom. The zero-order chi connectivity index (χ0) is 11.0. The maximum absolute atomic E-state index is 13.4. The monoisotopic (exact) mass is 226 g/mol. The molecule has 3 nitrogen and oxygen atoms in total. The highest BCUT2D eigenvalue weighted by Gasteiger charge is 2.09. The van der Waals surface area contributed by atoms with E-state index in [9.17, 15) is 4.39 Å². The van der Waals surface area contributed by atoms with Crippen LogP contribution in [0, 0.1) is 12.7 Å². The Labute approximate surface area is 90.6 Å². The van der Waals surface area contributed by atoms with E-state index in [0.29, 0.717) is 21.8 Å². The lowest BCUT2D eigenvalue weighted by Crippen LogP contribution is -1.86. The number of rotatable bonds is 1. The van der Waals surface area contributed by atoms with Crippen molar-refractivity contribution < 1.29 is 8.91 Å². The molecule has 0 unspecified atom stereocenters. The van der Waals surface area contributed by atoms with Crippen molar-refractivity contribution >= 4 is 17.5 Å². The Kier molecular flexibility index (Phi) is 2.36. The summed E-state index contributed by atoms with van der Waals surface area (Å²) in [4.78, 5) is 0. The number of nitrogen functional groups attached to an aromatic ring is 1. The molecule has 2 rings (SSSR count). The van der Waals surface area contributed by atoms with Crippen molar-refractivity contribution in [3.63, 3.8) is 0 Å². The highest BCUT2D eigenvalue weighted by Crippen LogP contribution is 2.27. The molecule has 0 spiro atoms. The molecule has 2 aromatic rings. The van der Waals surface area contributed by atoms with Gasteiger partial charge in [0, 0.05) is 22.2 Å². The first kappa shape index (κ1) is 9.98. The Bertz CT molecular complexity index is 487. The van der Waals surface area contributed by atoms with Crippen LogP contribution in [0.3, 0.4) is 0 Å². The number of hydrogen-bond acceptors (Lipinski definition) is 3. The third-order valence-corrected chi connectivity index (χ3v) is 2.50. The second-order valence-corrected chi connectivity index (χ2v) is 3.59. The average Bonchev–Trinajstić information content (AvgIpc) is 2.60. The third-order valence-electron chi connectivity index (χ3n) is 2.11. The minimum atomic E-state index is -0.376. The summed E-state index contributed by atoms with van der Waals surface area (Å²) < 4.78 is 18.0. The Hall–Kier alpha value is -1.55. The Morgan fingerprint density at radius 2 is 2.13 bits per heavy atom. The van der Waals surface area contributed by atoms with Gasteiger partial charge in [0.15, 0.2) is 0 Å². The van der Waals surface area contributed by atoms with Crippen molar-refractivity contribution in [1.29, 1.82) is 0 Å². The Balaban J connectivity index is 2.55. The van der Waals surface area contributed by atoms with Gasteiger partial charge in [-0.3, -0.25) is 0 Å². The fourth-order valence-corrected chi connectivity index (χ4v) is 1.43. The number of halogens is 2. The molecule has 5 heteroatoms. The minimum Gasteiger partial charge on any atom is -0.368 e. The molecular weight excluding hydrogens is 219 g/mol. The summed E-state index contributed by atoms with van der Waals surface area (Å²) in [6, 6.07) is 4.48. The molecular formula is C10H8ClFN2O. The van der Waals surface area contributed by atoms with Gasteiger partial charge in [-0.15, -0.1) is 0 Å². The number of aromatic nitrogens is 1. The largest absolute Gasteiger partial charge is 0.368 e. The van der Waals surface area contributed by atoms with Crippen molar-refractivity contribution in [2.45, 2.75) is 6.92 Å². The maximum atomic E-state index is 13.4. The molecule has 0 saturated carbocycles. The van der Waals surface area contributed by atoms with Gasteiger partial charge in [-0.1, -0.05) is 16.8 Å². The van der Waals surface area contributed by atoms with Crippen LogP contribution in [-0.4, -0.2) is 5.16 Å². The van der Waals surface area contributed by atoms with E-state index < -0.39 is 0 Å². The molecule has 1 aromatic heterocycles. The van der Waals surface area contributed by atoms with Gasteiger partial charge in [0.2, 0.25) is 5.88 Å². The predicted octanol–water partition coefficient (Wildman–Crippen LogP) is 3.02. The molecule has 0 aliphatic heterocycles. The number of hydrogen-bond donors (Lipinski definition) is 1. The summed E-state index contributed by atoms with van der Waals surface area (Å²) in [7, 11) is 0. The number of nitrogens with zero attached hydrogens (tertiary/aromatic N) is 1. The van der Waals surface area contributed by atoms with Gasteiger partial charge < -0.3 is 10.3 Å². The molecule has 0 aliphatic carbocycles. The van der Waals surface area contributed by atoms with Crippen molar-refractivity contribution in [1.82, 2.24) is 5.16 Å². The number of anilines is 1. The number of benzene rings is 1. The molecule has 1 heterocycles. The highest BCUT2D eigenvalue weighted by molar-refractivity contribution is 6.31. The molecule has 0 amide bonds. The summed E-state index contributed by atoms with van der Waals surface area (Å²) in [5.41, 5.74) is 6.79. The first-order valence-corrected chi connectivity index (χ1v) is 4.64. The van der Waals surface area contributed by atoms with Gasteiger partial charge in [0.1, 0.15) is 11.5 Å². The van der Waals surface area contributed by atoms with E-state index >= 15 is 0 Å². The van der Waals surface area contributed by atoms with Crippen LogP contribution in [0.15, 0.2) is 22.7 Å². The first-order valence-electron chi connectivity index (χ1n) is 4.26. The molecule has 0 fully saturated rings. The molecule has 15 heavy (non-hydrogen) atoms. The van der Waals surface area contributed by atoms with Crippen LogP contribution < -0.4 is 5.73 Å². The van der Waals surface area contributed by atoms with Gasteiger partial charge in [0.25, 0.3) is 0 Å². The first-order chi connectivity index (χ1) is 7.08. The van der Waals surface area contributed by atoms with Crippen LogP contribution in [0.4, 0.5) is 10.3 Å². The van der Waals surface area contributed by atoms with Crippen LogP contribution in [0.2, 0.25) is 5.02 Å². The molecule has 0 saturated heterocycles. The zero-order valence-electron chi connectivity index (χ0n) is 7.92. The van der Waals surface area contributed by atoms with Gasteiger partial charge in [0.05, 0.1) is 0 Å². The standard InChI is InChI=1S/C10H8ClFN2O/c1-5-7(11)2-6(3-8(5)12)9-4-10(13)15-14-9/h2-4H,13H2,1H3. The lowest BCUT2D eigenvalue weighted by atomic mass is 10.1. The van der Waals surface area contributed by atoms with Crippen LogP contribution in [0.1, 0.15) is 5.56 Å². The smallest absolute Gasteiger partial charge is 0.222 e. The van der Waals surface area contributed by atoms with E-state index in [-0.39, 0.29) is 11.7 Å². The van der Waals surface area contributed by atoms with Crippen LogP contribution in [-0.2, 0) is 0 Å². The fraction of sp³-hybridized carbons (Fsp3) is 0.100. The maximum Gasteiger partial charge on any atom is 0.222 e.